The van der Waals surface area contributed by atoms with E-state index in [2.05, 4.69) is 237 Å². The maximum atomic E-state index is 2.65. The van der Waals surface area contributed by atoms with Gasteiger partial charge in [0.15, 0.2) is 0 Å². The summed E-state index contributed by atoms with van der Waals surface area (Å²) >= 11 is 0. The predicted molar refractivity (Wildman–Crippen MR) is 279 cm³/mol. The minimum Gasteiger partial charge on any atom is -0.311 e. The molecule has 0 unspecified atom stereocenters. The molecule has 10 aromatic carbocycles. The van der Waals surface area contributed by atoms with E-state index in [1.54, 1.807) is 0 Å². The third kappa shape index (κ3) is 4.23. The smallest absolute Gasteiger partial charge is 0.252 e. The van der Waals surface area contributed by atoms with Crippen molar-refractivity contribution in [2.75, 3.05) is 9.80 Å². The molecule has 66 heavy (non-hydrogen) atoms. The zero-order valence-corrected chi connectivity index (χ0v) is 35.7. The highest BCUT2D eigenvalue weighted by Crippen LogP contribution is 2.50. The Balaban J connectivity index is 1.11. The predicted octanol–water partition coefficient (Wildman–Crippen LogP) is 10.8. The van der Waals surface area contributed by atoms with Gasteiger partial charge in [0.05, 0.1) is 22.1 Å². The van der Waals surface area contributed by atoms with Gasteiger partial charge in [0.25, 0.3) is 13.4 Å². The molecule has 0 N–H and O–H groups in total. The first-order valence-electron chi connectivity index (χ1n) is 23.1. The molecule has 0 bridgehead atoms. The summed E-state index contributed by atoms with van der Waals surface area (Å²) in [6.07, 6.45) is 0. The molecule has 0 amide bonds. The molecule has 12 aromatic rings. The van der Waals surface area contributed by atoms with Gasteiger partial charge in [0, 0.05) is 72.6 Å². The molecule has 6 heterocycles. The molecule has 4 aliphatic heterocycles. The van der Waals surface area contributed by atoms with Crippen molar-refractivity contribution in [2.24, 2.45) is 0 Å². The van der Waals surface area contributed by atoms with Crippen LogP contribution in [-0.4, -0.2) is 22.6 Å². The molecule has 4 aliphatic rings. The zero-order valence-electron chi connectivity index (χ0n) is 35.7. The molecule has 0 spiro atoms. The Bertz CT molecular complexity index is 3840. The van der Waals surface area contributed by atoms with E-state index in [1.165, 1.54) is 133 Å². The van der Waals surface area contributed by atoms with Crippen molar-refractivity contribution in [3.05, 3.63) is 218 Å². The normalized spacial score (nSPS) is 13.6. The molecule has 2 aromatic heterocycles. The van der Waals surface area contributed by atoms with Crippen molar-refractivity contribution in [1.82, 2.24) is 9.13 Å². The van der Waals surface area contributed by atoms with Crippen LogP contribution in [0.25, 0.3) is 66.1 Å². The second-order valence-electron chi connectivity index (χ2n) is 18.3. The first-order valence-corrected chi connectivity index (χ1v) is 23.1. The number of hydrogen-bond acceptors (Lipinski definition) is 2. The molecule has 0 saturated carbocycles. The topological polar surface area (TPSA) is 16.3 Å². The van der Waals surface area contributed by atoms with Crippen LogP contribution in [0.15, 0.2) is 218 Å². The Hall–Kier alpha value is -8.47. The average Bonchev–Trinajstić information content (AvgIpc) is 3.91. The SMILES string of the molecule is c1ccc(-c2c3c(cc4c5ccc6c7c5n(c24)-c2ccccc2B7c2ccccc2N6c2ccccc2)c2ccc4c5c2n3-c2ccccc2B5c2ccccc2N4c2ccccc2)cc1. The van der Waals surface area contributed by atoms with Crippen LogP contribution in [0.1, 0.15) is 0 Å². The van der Waals surface area contributed by atoms with Crippen LogP contribution >= 0.6 is 0 Å². The Morgan fingerprint density at radius 2 is 0.636 bits per heavy atom. The van der Waals surface area contributed by atoms with Gasteiger partial charge in [-0.1, -0.05) is 152 Å². The zero-order chi connectivity index (χ0) is 42.8. The van der Waals surface area contributed by atoms with E-state index >= 15 is 0 Å². The fraction of sp³-hybridized carbons (Fsp3) is 0. The fourth-order valence-corrected chi connectivity index (χ4v) is 12.9. The number of hydrogen-bond donors (Lipinski definition) is 0. The first kappa shape index (κ1) is 34.9. The van der Waals surface area contributed by atoms with Crippen molar-refractivity contribution >= 4 is 124 Å². The van der Waals surface area contributed by atoms with Gasteiger partial charge in [-0.25, -0.2) is 0 Å². The summed E-state index contributed by atoms with van der Waals surface area (Å²) in [5.74, 6) is 0. The maximum absolute atomic E-state index is 2.65. The summed E-state index contributed by atoms with van der Waals surface area (Å²) in [6, 6.07) is 81.7. The number of para-hydroxylation sites is 6. The van der Waals surface area contributed by atoms with Crippen molar-refractivity contribution in [1.29, 1.82) is 0 Å². The van der Waals surface area contributed by atoms with E-state index in [9.17, 15) is 0 Å². The highest BCUT2D eigenvalue weighted by Gasteiger charge is 2.45. The van der Waals surface area contributed by atoms with E-state index in [1.807, 2.05) is 0 Å². The van der Waals surface area contributed by atoms with Crippen molar-refractivity contribution < 1.29 is 0 Å². The number of benzene rings is 10. The lowest BCUT2D eigenvalue weighted by molar-refractivity contribution is 1.17. The van der Waals surface area contributed by atoms with Gasteiger partial charge in [0.1, 0.15) is 0 Å². The van der Waals surface area contributed by atoms with Gasteiger partial charge >= 0.3 is 0 Å². The number of fused-ring (bicyclic) bond motifs is 16. The standard InChI is InChI=1S/C60H36B2N4/c1-4-18-37(19-5-1)54-57-42(40-32-34-52-55-59(40)65(57)50-30-16-12-26-46(50)61(55)44-24-10-14-28-48(44)63(52)38-20-6-2-7-21-38)36-43-41-33-35-53-56-60(41)66(58(43)54)51-31-17-13-27-47(51)62(56)45-25-11-15-29-49(45)64(53)39-22-8-3-9-23-39/h1-36H. The quantitative estimate of drug-likeness (QED) is 0.165. The molecule has 0 fully saturated rings. The molecule has 0 radical (unpaired) electrons. The molecule has 16 rings (SSSR count). The fourth-order valence-electron chi connectivity index (χ4n) is 12.9. The Morgan fingerprint density at radius 3 is 1.08 bits per heavy atom. The molecule has 0 atom stereocenters. The van der Waals surface area contributed by atoms with Crippen molar-refractivity contribution in [3.63, 3.8) is 0 Å². The Labute approximate surface area is 382 Å². The van der Waals surface area contributed by atoms with Crippen LogP contribution in [-0.2, 0) is 0 Å². The van der Waals surface area contributed by atoms with Gasteiger partial charge in [-0.3, -0.25) is 0 Å². The molecule has 4 nitrogen and oxygen atoms in total. The van der Waals surface area contributed by atoms with Gasteiger partial charge in [-0.2, -0.15) is 0 Å². The third-order valence-corrected chi connectivity index (χ3v) is 15.2. The largest absolute Gasteiger partial charge is 0.311 e. The number of aromatic nitrogens is 2. The molecular formula is C60H36B2N4. The summed E-state index contributed by atoms with van der Waals surface area (Å²) in [7, 11) is 0. The minimum atomic E-state index is 0.0773. The maximum Gasteiger partial charge on any atom is 0.252 e. The monoisotopic (exact) mass is 834 g/mol. The summed E-state index contributed by atoms with van der Waals surface area (Å²) in [6.45, 7) is 0.155. The van der Waals surface area contributed by atoms with Gasteiger partial charge in [-0.05, 0) is 105 Å². The summed E-state index contributed by atoms with van der Waals surface area (Å²) < 4.78 is 5.30. The minimum absolute atomic E-state index is 0.0773. The lowest BCUT2D eigenvalue weighted by atomic mass is 9.34. The molecule has 302 valence electrons. The van der Waals surface area contributed by atoms with Gasteiger partial charge in [-0.15, -0.1) is 0 Å². The van der Waals surface area contributed by atoms with E-state index < -0.39 is 0 Å². The lowest BCUT2D eigenvalue weighted by Gasteiger charge is -2.40. The number of anilines is 6. The van der Waals surface area contributed by atoms with E-state index in [4.69, 9.17) is 0 Å². The number of nitrogens with zero attached hydrogens (tertiary/aromatic N) is 4. The van der Waals surface area contributed by atoms with Crippen LogP contribution in [0.5, 0.6) is 0 Å². The van der Waals surface area contributed by atoms with Crippen LogP contribution in [0.2, 0.25) is 0 Å². The summed E-state index contributed by atoms with van der Waals surface area (Å²) in [5, 5.41) is 5.12. The molecule has 0 saturated heterocycles. The highest BCUT2D eigenvalue weighted by atomic mass is 15.2. The lowest BCUT2D eigenvalue weighted by Crippen LogP contribution is -2.60. The molecule has 6 heteroatoms. The van der Waals surface area contributed by atoms with Crippen molar-refractivity contribution in [2.45, 2.75) is 0 Å². The summed E-state index contributed by atoms with van der Waals surface area (Å²) in [4.78, 5) is 4.98. The van der Waals surface area contributed by atoms with Gasteiger partial charge < -0.3 is 18.9 Å². The first-order chi connectivity index (χ1) is 32.8. The van der Waals surface area contributed by atoms with Crippen LogP contribution in [0.4, 0.5) is 34.1 Å². The van der Waals surface area contributed by atoms with Crippen LogP contribution in [0, 0.1) is 0 Å². The van der Waals surface area contributed by atoms with Crippen LogP contribution in [0.3, 0.4) is 0 Å². The highest BCUT2D eigenvalue weighted by molar-refractivity contribution is 7.01. The average molecular weight is 835 g/mol. The van der Waals surface area contributed by atoms with Crippen LogP contribution < -0.4 is 42.6 Å². The molecular weight excluding hydrogens is 798 g/mol. The third-order valence-electron chi connectivity index (χ3n) is 15.2. The van der Waals surface area contributed by atoms with E-state index in [-0.39, 0.29) is 13.4 Å². The van der Waals surface area contributed by atoms with E-state index in [0.29, 0.717) is 0 Å². The number of rotatable bonds is 3. The van der Waals surface area contributed by atoms with Gasteiger partial charge in [0.2, 0.25) is 0 Å². The summed E-state index contributed by atoms with van der Waals surface area (Å²) in [5.41, 5.74) is 25.4. The van der Waals surface area contributed by atoms with E-state index in [0.717, 1.165) is 0 Å². The second kappa shape index (κ2) is 12.6. The Morgan fingerprint density at radius 1 is 0.273 bits per heavy atom. The second-order valence-corrected chi connectivity index (χ2v) is 18.3. The van der Waals surface area contributed by atoms with Crippen molar-refractivity contribution in [3.8, 4) is 22.5 Å². The molecule has 0 aliphatic carbocycles. The Kier molecular flexibility index (Phi) is 6.68.